The monoisotopic (exact) mass is 398 g/mol. The number of hydrogen-bond donors (Lipinski definition) is 0. The third kappa shape index (κ3) is 6.40. The van der Waals surface area contributed by atoms with Crippen LogP contribution in [0.25, 0.3) is 11.1 Å². The molecule has 0 aliphatic carbocycles. The minimum absolute atomic E-state index is 0.110. The molecule has 0 saturated carbocycles. The highest BCUT2D eigenvalue weighted by molar-refractivity contribution is 5.63. The molecule has 1 nitrogen and oxygen atoms in total. The van der Waals surface area contributed by atoms with Gasteiger partial charge in [-0.2, -0.15) is 0 Å². The van der Waals surface area contributed by atoms with E-state index in [-0.39, 0.29) is 11.4 Å². The van der Waals surface area contributed by atoms with Crippen molar-refractivity contribution in [3.63, 3.8) is 0 Å². The second-order valence-corrected chi connectivity index (χ2v) is 8.21. The molecular formula is C27H39FO. The van der Waals surface area contributed by atoms with Gasteiger partial charge in [-0.15, -0.1) is 0 Å². The third-order valence-corrected chi connectivity index (χ3v) is 6.58. The molecule has 2 aromatic rings. The van der Waals surface area contributed by atoms with Gasteiger partial charge in [0, 0.05) is 13.0 Å². The highest BCUT2D eigenvalue weighted by Crippen LogP contribution is 2.41. The SMILES string of the molecule is CCCCCCCCC(c1ccc(-c2ccc(F)cc2)cc1)C(CC)(CC)OC. The van der Waals surface area contributed by atoms with Gasteiger partial charge in [0.2, 0.25) is 0 Å². The maximum atomic E-state index is 13.2. The van der Waals surface area contributed by atoms with Crippen LogP contribution < -0.4 is 0 Å². The van der Waals surface area contributed by atoms with Gasteiger partial charge in [-0.3, -0.25) is 0 Å². The Kier molecular flexibility index (Phi) is 9.87. The van der Waals surface area contributed by atoms with E-state index in [2.05, 4.69) is 45.0 Å². The molecule has 0 spiro atoms. The fraction of sp³-hybridized carbons (Fsp3) is 0.556. The highest BCUT2D eigenvalue weighted by atomic mass is 19.1. The molecule has 0 radical (unpaired) electrons. The maximum absolute atomic E-state index is 13.2. The molecule has 0 amide bonds. The maximum Gasteiger partial charge on any atom is 0.123 e. The van der Waals surface area contributed by atoms with Gasteiger partial charge in [-0.25, -0.2) is 4.39 Å². The second kappa shape index (κ2) is 12.1. The molecule has 160 valence electrons. The Labute approximate surface area is 177 Å². The van der Waals surface area contributed by atoms with E-state index in [0.29, 0.717) is 5.92 Å². The van der Waals surface area contributed by atoms with E-state index in [1.807, 2.05) is 19.2 Å². The summed E-state index contributed by atoms with van der Waals surface area (Å²) < 4.78 is 19.4. The number of benzene rings is 2. The van der Waals surface area contributed by atoms with Crippen molar-refractivity contribution in [3.8, 4) is 11.1 Å². The lowest BCUT2D eigenvalue weighted by atomic mass is 9.75. The van der Waals surface area contributed by atoms with Crippen LogP contribution in [-0.2, 0) is 4.74 Å². The highest BCUT2D eigenvalue weighted by Gasteiger charge is 2.36. The van der Waals surface area contributed by atoms with Gasteiger partial charge in [-0.05, 0) is 48.1 Å². The van der Waals surface area contributed by atoms with E-state index in [1.54, 1.807) is 0 Å². The minimum atomic E-state index is -0.194. The van der Waals surface area contributed by atoms with Crippen LogP contribution >= 0.6 is 0 Å². The molecule has 29 heavy (non-hydrogen) atoms. The first-order chi connectivity index (χ1) is 14.1. The lowest BCUT2D eigenvalue weighted by Crippen LogP contribution is -2.37. The van der Waals surface area contributed by atoms with E-state index in [9.17, 15) is 4.39 Å². The molecular weight excluding hydrogens is 359 g/mol. The zero-order valence-electron chi connectivity index (χ0n) is 18.8. The number of ether oxygens (including phenoxy) is 1. The van der Waals surface area contributed by atoms with Crippen molar-refractivity contribution in [1.29, 1.82) is 0 Å². The summed E-state index contributed by atoms with van der Waals surface area (Å²) in [5.41, 5.74) is 3.42. The molecule has 1 atom stereocenters. The summed E-state index contributed by atoms with van der Waals surface area (Å²) in [5, 5.41) is 0. The molecule has 2 aromatic carbocycles. The smallest absolute Gasteiger partial charge is 0.123 e. The van der Waals surface area contributed by atoms with E-state index >= 15 is 0 Å². The number of hydrogen-bond acceptors (Lipinski definition) is 1. The lowest BCUT2D eigenvalue weighted by molar-refractivity contribution is -0.0425. The second-order valence-electron chi connectivity index (χ2n) is 8.21. The number of halogens is 1. The summed E-state index contributed by atoms with van der Waals surface area (Å²) in [5.74, 6) is 0.205. The predicted octanol–water partition coefficient (Wildman–Crippen LogP) is 8.53. The molecule has 2 heteroatoms. The number of rotatable bonds is 13. The standard InChI is InChI=1S/C27H39FO/c1-5-8-9-10-11-12-13-26(27(6-2,7-3)29-4)24-16-14-22(15-17-24)23-18-20-25(28)21-19-23/h14-21,26H,5-13H2,1-4H3. The average molecular weight is 399 g/mol. The first kappa shape index (κ1) is 23.6. The largest absolute Gasteiger partial charge is 0.378 e. The first-order valence-electron chi connectivity index (χ1n) is 11.5. The molecule has 1 unspecified atom stereocenters. The predicted molar refractivity (Wildman–Crippen MR) is 123 cm³/mol. The van der Waals surface area contributed by atoms with Crippen LogP contribution in [0, 0.1) is 5.82 Å². The Morgan fingerprint density at radius 2 is 1.28 bits per heavy atom. The summed E-state index contributed by atoms with van der Waals surface area (Å²) in [4.78, 5) is 0. The summed E-state index contributed by atoms with van der Waals surface area (Å²) in [6.45, 7) is 6.75. The van der Waals surface area contributed by atoms with Crippen LogP contribution in [0.15, 0.2) is 48.5 Å². The van der Waals surface area contributed by atoms with E-state index in [1.165, 1.54) is 56.2 Å². The van der Waals surface area contributed by atoms with Gasteiger partial charge < -0.3 is 4.74 Å². The summed E-state index contributed by atoms with van der Waals surface area (Å²) in [7, 11) is 1.87. The first-order valence-corrected chi connectivity index (χ1v) is 11.5. The molecule has 0 N–H and O–H groups in total. The Bertz CT molecular complexity index is 677. The van der Waals surface area contributed by atoms with Crippen LogP contribution in [0.3, 0.4) is 0 Å². The molecule has 0 bridgehead atoms. The molecule has 0 heterocycles. The molecule has 2 rings (SSSR count). The van der Waals surface area contributed by atoms with Crippen molar-refractivity contribution in [1.82, 2.24) is 0 Å². The molecule has 0 aromatic heterocycles. The zero-order chi connectivity index (χ0) is 21.1. The summed E-state index contributed by atoms with van der Waals surface area (Å²) >= 11 is 0. The van der Waals surface area contributed by atoms with Gasteiger partial charge in [0.1, 0.15) is 5.82 Å². The summed E-state index contributed by atoms with van der Waals surface area (Å²) in [6, 6.07) is 15.6. The fourth-order valence-corrected chi connectivity index (χ4v) is 4.59. The lowest BCUT2D eigenvalue weighted by Gasteiger charge is -2.39. The van der Waals surface area contributed by atoms with Crippen LogP contribution in [0.5, 0.6) is 0 Å². The van der Waals surface area contributed by atoms with Gasteiger partial charge in [0.25, 0.3) is 0 Å². The Morgan fingerprint density at radius 3 is 1.79 bits per heavy atom. The van der Waals surface area contributed by atoms with Gasteiger partial charge in [0.05, 0.1) is 5.60 Å². The van der Waals surface area contributed by atoms with Gasteiger partial charge in [-0.1, -0.05) is 95.7 Å². The molecule has 0 aliphatic rings. The Hall–Kier alpha value is -1.67. The van der Waals surface area contributed by atoms with Crippen molar-refractivity contribution in [2.45, 2.75) is 90.1 Å². The Balaban J connectivity index is 2.17. The van der Waals surface area contributed by atoms with Crippen LogP contribution in [0.1, 0.15) is 90.0 Å². The van der Waals surface area contributed by atoms with Crippen LogP contribution in [0.4, 0.5) is 4.39 Å². The molecule has 0 fully saturated rings. The summed E-state index contributed by atoms with van der Waals surface area (Å²) in [6.07, 6.45) is 11.1. The van der Waals surface area contributed by atoms with Gasteiger partial charge >= 0.3 is 0 Å². The Morgan fingerprint density at radius 1 is 0.759 bits per heavy atom. The number of unbranched alkanes of at least 4 members (excludes halogenated alkanes) is 5. The van der Waals surface area contributed by atoms with Crippen molar-refractivity contribution in [2.24, 2.45) is 0 Å². The van der Waals surface area contributed by atoms with E-state index < -0.39 is 0 Å². The van der Waals surface area contributed by atoms with E-state index in [4.69, 9.17) is 4.74 Å². The normalized spacial score (nSPS) is 12.9. The van der Waals surface area contributed by atoms with Crippen molar-refractivity contribution in [2.75, 3.05) is 7.11 Å². The molecule has 0 aliphatic heterocycles. The van der Waals surface area contributed by atoms with E-state index in [0.717, 1.165) is 30.4 Å². The van der Waals surface area contributed by atoms with Crippen LogP contribution in [-0.4, -0.2) is 12.7 Å². The number of methoxy groups -OCH3 is 1. The fourth-order valence-electron chi connectivity index (χ4n) is 4.59. The zero-order valence-corrected chi connectivity index (χ0v) is 18.8. The third-order valence-electron chi connectivity index (χ3n) is 6.58. The quantitative estimate of drug-likeness (QED) is 0.307. The van der Waals surface area contributed by atoms with Crippen molar-refractivity contribution >= 4 is 0 Å². The van der Waals surface area contributed by atoms with Gasteiger partial charge in [0.15, 0.2) is 0 Å². The average Bonchev–Trinajstić information content (AvgIpc) is 2.77. The topological polar surface area (TPSA) is 9.23 Å². The minimum Gasteiger partial charge on any atom is -0.378 e. The van der Waals surface area contributed by atoms with Crippen LogP contribution in [0.2, 0.25) is 0 Å². The van der Waals surface area contributed by atoms with Crippen molar-refractivity contribution < 1.29 is 9.13 Å². The molecule has 0 saturated heterocycles. The van der Waals surface area contributed by atoms with Crippen molar-refractivity contribution in [3.05, 3.63) is 59.9 Å².